The number of primary sulfonamides is 1. The van der Waals surface area contributed by atoms with Gasteiger partial charge in [-0.1, -0.05) is 12.1 Å². The van der Waals surface area contributed by atoms with E-state index in [4.69, 9.17) is 9.56 Å². The highest BCUT2D eigenvalue weighted by atomic mass is 32.2. The number of nitrogens with two attached hydrogens (primary N) is 1. The quantitative estimate of drug-likeness (QED) is 0.618. The highest BCUT2D eigenvalue weighted by Crippen LogP contribution is 2.15. The molecule has 3 aromatic rings. The number of H-pyrrole nitrogens is 1. The number of aromatic nitrogens is 1. The highest BCUT2D eigenvalue weighted by molar-refractivity contribution is 7.89. The minimum Gasteiger partial charge on any atom is -0.463 e. The number of pyridine rings is 1. The molecule has 8 nitrogen and oxygen atoms in total. The molecule has 26 heavy (non-hydrogen) atoms. The van der Waals surface area contributed by atoms with Crippen LogP contribution in [0.5, 0.6) is 0 Å². The van der Waals surface area contributed by atoms with Crippen molar-refractivity contribution in [3.05, 3.63) is 76.3 Å². The van der Waals surface area contributed by atoms with Gasteiger partial charge in [-0.15, -0.1) is 0 Å². The van der Waals surface area contributed by atoms with Crippen molar-refractivity contribution in [1.82, 2.24) is 10.3 Å². The van der Waals surface area contributed by atoms with E-state index < -0.39 is 21.5 Å². The smallest absolute Gasteiger partial charge is 0.261 e. The van der Waals surface area contributed by atoms with Gasteiger partial charge in [0.15, 0.2) is 0 Å². The normalized spacial score (nSPS) is 11.3. The van der Waals surface area contributed by atoms with Gasteiger partial charge in [0.1, 0.15) is 11.3 Å². The van der Waals surface area contributed by atoms with E-state index in [1.165, 1.54) is 30.5 Å². The Balaban J connectivity index is 1.74. The number of amides is 1. The van der Waals surface area contributed by atoms with E-state index in [2.05, 4.69) is 10.3 Å². The molecule has 1 aromatic carbocycles. The van der Waals surface area contributed by atoms with Crippen molar-refractivity contribution in [1.29, 1.82) is 0 Å². The third kappa shape index (κ3) is 3.90. The van der Waals surface area contributed by atoms with Crippen LogP contribution in [0, 0.1) is 0 Å². The number of aromatic amines is 1. The number of benzene rings is 1. The summed E-state index contributed by atoms with van der Waals surface area (Å²) in [6.07, 6.45) is 1.48. The second-order valence-corrected chi connectivity index (χ2v) is 7.03. The summed E-state index contributed by atoms with van der Waals surface area (Å²) in [7, 11) is -3.83. The van der Waals surface area contributed by atoms with Gasteiger partial charge in [0.25, 0.3) is 11.5 Å². The Hall–Kier alpha value is -3.17. The standard InChI is InChI=1S/C17H15N3O5S/c18-26(23,24)12-4-1-3-11(9-12)10-19-16(21)13-6-7-14(20-17(13)22)15-5-2-8-25-15/h1-9H,10H2,(H,19,21)(H,20,22)(H2,18,23,24). The molecule has 4 N–H and O–H groups in total. The number of rotatable bonds is 5. The van der Waals surface area contributed by atoms with Crippen molar-refractivity contribution < 1.29 is 17.6 Å². The van der Waals surface area contributed by atoms with Gasteiger partial charge in [-0.3, -0.25) is 9.59 Å². The Bertz CT molecular complexity index is 1100. The van der Waals surface area contributed by atoms with Crippen molar-refractivity contribution in [3.63, 3.8) is 0 Å². The van der Waals surface area contributed by atoms with Crippen LogP contribution in [0.4, 0.5) is 0 Å². The van der Waals surface area contributed by atoms with Crippen molar-refractivity contribution in [3.8, 4) is 11.5 Å². The maximum absolute atomic E-state index is 12.2. The van der Waals surface area contributed by atoms with Gasteiger partial charge in [0, 0.05) is 6.54 Å². The van der Waals surface area contributed by atoms with Gasteiger partial charge < -0.3 is 14.7 Å². The van der Waals surface area contributed by atoms with Crippen LogP contribution in [0.15, 0.2) is 68.9 Å². The molecule has 2 heterocycles. The maximum Gasteiger partial charge on any atom is 0.261 e. The molecule has 134 valence electrons. The molecule has 1 amide bonds. The molecule has 0 atom stereocenters. The number of hydrogen-bond donors (Lipinski definition) is 3. The van der Waals surface area contributed by atoms with Gasteiger partial charge in [-0.05, 0) is 42.0 Å². The molecule has 0 spiro atoms. The second-order valence-electron chi connectivity index (χ2n) is 5.47. The van der Waals surface area contributed by atoms with Crippen LogP contribution in [-0.2, 0) is 16.6 Å². The largest absolute Gasteiger partial charge is 0.463 e. The molecule has 3 rings (SSSR count). The first kappa shape index (κ1) is 17.6. The van der Waals surface area contributed by atoms with Crippen LogP contribution in [0.25, 0.3) is 11.5 Å². The summed E-state index contributed by atoms with van der Waals surface area (Å²) in [6.45, 7) is 0.0432. The van der Waals surface area contributed by atoms with Gasteiger partial charge >= 0.3 is 0 Å². The topological polar surface area (TPSA) is 135 Å². The monoisotopic (exact) mass is 373 g/mol. The van der Waals surface area contributed by atoms with Gasteiger partial charge in [-0.2, -0.15) is 0 Å². The van der Waals surface area contributed by atoms with Crippen molar-refractivity contribution >= 4 is 15.9 Å². The summed E-state index contributed by atoms with van der Waals surface area (Å²) >= 11 is 0. The average molecular weight is 373 g/mol. The van der Waals surface area contributed by atoms with Gasteiger partial charge in [0.05, 0.1) is 16.9 Å². The van der Waals surface area contributed by atoms with E-state index in [0.29, 0.717) is 17.0 Å². The fourth-order valence-corrected chi connectivity index (χ4v) is 2.92. The fourth-order valence-electron chi connectivity index (χ4n) is 2.34. The maximum atomic E-state index is 12.2. The first-order valence-electron chi connectivity index (χ1n) is 7.52. The Kier molecular flexibility index (Phi) is 4.74. The SMILES string of the molecule is NS(=O)(=O)c1cccc(CNC(=O)c2ccc(-c3ccco3)[nH]c2=O)c1. The van der Waals surface area contributed by atoms with Crippen LogP contribution in [-0.4, -0.2) is 19.3 Å². The molecule has 9 heteroatoms. The second kappa shape index (κ2) is 6.98. The summed E-state index contributed by atoms with van der Waals surface area (Å²) in [4.78, 5) is 26.9. The molecular formula is C17H15N3O5S. The van der Waals surface area contributed by atoms with Gasteiger partial charge in [-0.25, -0.2) is 13.6 Å². The number of furan rings is 1. The third-order valence-electron chi connectivity index (χ3n) is 3.62. The summed E-state index contributed by atoms with van der Waals surface area (Å²) < 4.78 is 27.9. The zero-order valence-electron chi connectivity index (χ0n) is 13.4. The predicted octanol–water partition coefficient (Wildman–Crippen LogP) is 1.21. The molecule has 0 unspecified atom stereocenters. The van der Waals surface area contributed by atoms with E-state index in [1.807, 2.05) is 0 Å². The molecule has 0 aliphatic rings. The molecular weight excluding hydrogens is 358 g/mol. The van der Waals surface area contributed by atoms with Crippen LogP contribution in [0.2, 0.25) is 0 Å². The van der Waals surface area contributed by atoms with Crippen LogP contribution in [0.3, 0.4) is 0 Å². The average Bonchev–Trinajstić information content (AvgIpc) is 3.14. The zero-order chi connectivity index (χ0) is 18.7. The van der Waals surface area contributed by atoms with E-state index in [9.17, 15) is 18.0 Å². The number of nitrogens with one attached hydrogen (secondary N) is 2. The first-order chi connectivity index (χ1) is 12.3. The number of carbonyl (C=O) groups is 1. The first-order valence-corrected chi connectivity index (χ1v) is 9.06. The predicted molar refractivity (Wildman–Crippen MR) is 93.8 cm³/mol. The summed E-state index contributed by atoms with van der Waals surface area (Å²) in [5.74, 6) is -0.105. The lowest BCUT2D eigenvalue weighted by Crippen LogP contribution is -2.29. The fraction of sp³-hybridized carbons (Fsp3) is 0.0588. The van der Waals surface area contributed by atoms with Crippen LogP contribution < -0.4 is 16.0 Å². The van der Waals surface area contributed by atoms with Crippen LogP contribution >= 0.6 is 0 Å². The molecule has 2 aromatic heterocycles. The minimum atomic E-state index is -3.83. The molecule has 0 radical (unpaired) electrons. The summed E-state index contributed by atoms with van der Waals surface area (Å²) in [6, 6.07) is 12.2. The molecule has 0 aliphatic heterocycles. The Labute approximate surface area is 148 Å². The van der Waals surface area contributed by atoms with Crippen LogP contribution in [0.1, 0.15) is 15.9 Å². The summed E-state index contributed by atoms with van der Waals surface area (Å²) in [5, 5.41) is 7.65. The van der Waals surface area contributed by atoms with E-state index in [0.717, 1.165) is 0 Å². The molecule has 0 saturated heterocycles. The van der Waals surface area contributed by atoms with E-state index >= 15 is 0 Å². The number of hydrogen-bond acceptors (Lipinski definition) is 5. The van der Waals surface area contributed by atoms with Crippen molar-refractivity contribution in [2.75, 3.05) is 0 Å². The lowest BCUT2D eigenvalue weighted by atomic mass is 10.2. The molecule has 0 fully saturated rings. The van der Waals surface area contributed by atoms with Crippen molar-refractivity contribution in [2.45, 2.75) is 11.4 Å². The third-order valence-corrected chi connectivity index (χ3v) is 4.53. The lowest BCUT2D eigenvalue weighted by Gasteiger charge is -2.07. The highest BCUT2D eigenvalue weighted by Gasteiger charge is 2.13. The summed E-state index contributed by atoms with van der Waals surface area (Å²) in [5.41, 5.74) is 0.364. The molecule has 0 saturated carbocycles. The Morgan fingerprint density at radius 1 is 1.15 bits per heavy atom. The number of sulfonamides is 1. The van der Waals surface area contributed by atoms with Crippen molar-refractivity contribution in [2.24, 2.45) is 5.14 Å². The Morgan fingerprint density at radius 2 is 1.96 bits per heavy atom. The molecule has 0 aliphatic carbocycles. The Morgan fingerprint density at radius 3 is 2.62 bits per heavy atom. The minimum absolute atomic E-state index is 0.0432. The van der Waals surface area contributed by atoms with Gasteiger partial charge in [0.2, 0.25) is 10.0 Å². The number of carbonyl (C=O) groups excluding carboxylic acids is 1. The lowest BCUT2D eigenvalue weighted by molar-refractivity contribution is 0.0949. The van der Waals surface area contributed by atoms with E-state index in [1.54, 1.807) is 24.3 Å². The zero-order valence-corrected chi connectivity index (χ0v) is 14.2. The molecule has 0 bridgehead atoms. The van der Waals surface area contributed by atoms with E-state index in [-0.39, 0.29) is 17.0 Å².